The first-order valence-corrected chi connectivity index (χ1v) is 4.82. The minimum absolute atomic E-state index is 1.16. The normalized spacial score (nSPS) is 55.4. The average molecular weight is 221 g/mol. The van der Waals surface area contributed by atoms with Crippen LogP contribution in [0.3, 0.4) is 0 Å². The summed E-state index contributed by atoms with van der Waals surface area (Å²) >= 11 is 0. The molecule has 0 radical (unpaired) electrons. The lowest BCUT2D eigenvalue weighted by Gasteiger charge is -2.64. The van der Waals surface area contributed by atoms with Crippen molar-refractivity contribution in [3.63, 3.8) is 0 Å². The van der Waals surface area contributed by atoms with E-state index in [1.165, 1.54) is 20.8 Å². The molecule has 1 rings (SSSR count). The molecule has 0 aromatic carbocycles. The van der Waals surface area contributed by atoms with Crippen molar-refractivity contribution in [2.24, 2.45) is 0 Å². The quantitative estimate of drug-likeness (QED) is 0.295. The van der Waals surface area contributed by atoms with Gasteiger partial charge < -0.3 is 30.3 Å². The zero-order valence-corrected chi connectivity index (χ0v) is 9.38. The third-order valence-electron chi connectivity index (χ3n) is 4.06. The molecule has 0 bridgehead atoms. The molecule has 1 heterocycles. The molecule has 1 saturated heterocycles. The molecule has 1 aliphatic heterocycles. The van der Waals surface area contributed by atoms with Crippen molar-refractivity contribution in [1.29, 1.82) is 0 Å². The molecule has 0 saturated carbocycles. The summed E-state index contributed by atoms with van der Waals surface area (Å²) in [4.78, 5) is 0. The monoisotopic (exact) mass is 221 g/mol. The van der Waals surface area contributed by atoms with E-state index >= 15 is 0 Å². The second-order valence-corrected chi connectivity index (χ2v) is 5.05. The molecule has 0 aromatic heterocycles. The van der Waals surface area contributed by atoms with Crippen LogP contribution in [0.5, 0.6) is 0 Å². The average Bonchev–Trinajstić information content (AvgIpc) is 2.12. The lowest BCUT2D eigenvalue weighted by Crippen LogP contribution is -2.81. The van der Waals surface area contributed by atoms with Crippen molar-refractivity contribution in [1.82, 2.24) is 0 Å². The summed E-state index contributed by atoms with van der Waals surface area (Å²) < 4.78 is -1.22. The Morgan fingerprint density at radius 3 is 1.93 bits per heavy atom. The molecule has 0 amide bonds. The number of nitrogens with zero attached hydrogens (tertiary/aromatic N) is 1. The van der Waals surface area contributed by atoms with E-state index in [2.05, 4.69) is 0 Å². The first-order valence-electron chi connectivity index (χ1n) is 4.82. The van der Waals surface area contributed by atoms with E-state index in [1.54, 1.807) is 0 Å². The number of rotatable bonds is 0. The molecule has 6 heteroatoms. The van der Waals surface area contributed by atoms with E-state index < -0.39 is 34.2 Å². The summed E-state index contributed by atoms with van der Waals surface area (Å²) in [6.45, 7) is 4.16. The molecule has 4 N–H and O–H groups in total. The Balaban J connectivity index is 3.27. The van der Waals surface area contributed by atoms with E-state index in [-0.39, 0.29) is 0 Å². The minimum Gasteiger partial charge on any atom is -0.631 e. The molecular formula is C9H19NO5. The first kappa shape index (κ1) is 12.8. The van der Waals surface area contributed by atoms with Crippen molar-refractivity contribution in [3.8, 4) is 0 Å². The molecule has 1 aliphatic rings. The standard InChI is InChI=1S/C9H19NO5/c1-8(2)9(3,14)6(12)5(11)7(13)10(8,4)15/h5-7,11-14H,1-4H3. The Labute approximate surface area is 88.5 Å². The summed E-state index contributed by atoms with van der Waals surface area (Å²) in [5, 5.41) is 50.9. The number of quaternary nitrogens is 1. The Morgan fingerprint density at radius 2 is 1.53 bits per heavy atom. The molecular weight excluding hydrogens is 202 g/mol. The molecule has 5 atom stereocenters. The van der Waals surface area contributed by atoms with E-state index in [0.29, 0.717) is 0 Å². The van der Waals surface area contributed by atoms with E-state index in [4.69, 9.17) is 0 Å². The van der Waals surface area contributed by atoms with Crippen molar-refractivity contribution >= 4 is 0 Å². The predicted octanol–water partition coefficient (Wildman–Crippen LogP) is -1.49. The topological polar surface area (TPSA) is 104 Å². The molecule has 1 fully saturated rings. The van der Waals surface area contributed by atoms with Gasteiger partial charge in [-0.1, -0.05) is 0 Å². The zero-order chi connectivity index (χ0) is 12.2. The van der Waals surface area contributed by atoms with Gasteiger partial charge in [-0.05, 0) is 20.8 Å². The van der Waals surface area contributed by atoms with Gasteiger partial charge in [-0.25, -0.2) is 0 Å². The van der Waals surface area contributed by atoms with Gasteiger partial charge in [0.15, 0.2) is 6.10 Å². The molecule has 0 spiro atoms. The van der Waals surface area contributed by atoms with Gasteiger partial charge in [0.2, 0.25) is 6.23 Å². The number of aliphatic hydroxyl groups excluding tert-OH is 3. The van der Waals surface area contributed by atoms with Crippen LogP contribution >= 0.6 is 0 Å². The van der Waals surface area contributed by atoms with E-state index in [0.717, 1.165) is 7.05 Å². The summed E-state index contributed by atoms with van der Waals surface area (Å²) in [6.07, 6.45) is -4.88. The second kappa shape index (κ2) is 3.13. The maximum atomic E-state index is 12.1. The van der Waals surface area contributed by atoms with Crippen LogP contribution < -0.4 is 0 Å². The van der Waals surface area contributed by atoms with Crippen LogP contribution in [0.1, 0.15) is 20.8 Å². The Morgan fingerprint density at radius 1 is 1.13 bits per heavy atom. The highest BCUT2D eigenvalue weighted by Crippen LogP contribution is 2.43. The fraction of sp³-hybridized carbons (Fsp3) is 1.00. The second-order valence-electron chi connectivity index (χ2n) is 5.05. The highest BCUT2D eigenvalue weighted by molar-refractivity contribution is 5.04. The van der Waals surface area contributed by atoms with Crippen LogP contribution in [0.4, 0.5) is 0 Å². The molecule has 0 aliphatic carbocycles. The van der Waals surface area contributed by atoms with Gasteiger partial charge in [0.25, 0.3) is 0 Å². The highest BCUT2D eigenvalue weighted by Gasteiger charge is 2.64. The number of hydrogen-bond acceptors (Lipinski definition) is 5. The fourth-order valence-electron chi connectivity index (χ4n) is 1.93. The third-order valence-corrected chi connectivity index (χ3v) is 4.06. The van der Waals surface area contributed by atoms with Crippen molar-refractivity contribution in [3.05, 3.63) is 5.21 Å². The van der Waals surface area contributed by atoms with E-state index in [1.807, 2.05) is 0 Å². The molecule has 5 unspecified atom stereocenters. The molecule has 90 valence electrons. The largest absolute Gasteiger partial charge is 0.631 e. The van der Waals surface area contributed by atoms with Crippen molar-refractivity contribution in [2.45, 2.75) is 50.3 Å². The summed E-state index contributed by atoms with van der Waals surface area (Å²) in [5.74, 6) is 0. The number of likely N-dealkylation sites (N-methyl/N-ethyl adjacent to an activating group) is 1. The maximum Gasteiger partial charge on any atom is 0.220 e. The Kier molecular flexibility index (Phi) is 2.68. The number of likely N-dealkylation sites (tertiary alicyclic amines) is 1. The van der Waals surface area contributed by atoms with Crippen molar-refractivity contribution in [2.75, 3.05) is 7.05 Å². The van der Waals surface area contributed by atoms with Crippen LogP contribution in [0.15, 0.2) is 0 Å². The summed E-state index contributed by atoms with van der Waals surface area (Å²) in [6, 6.07) is 0. The van der Waals surface area contributed by atoms with Crippen LogP contribution in [0.2, 0.25) is 0 Å². The number of hydrogen-bond donors (Lipinski definition) is 4. The lowest BCUT2D eigenvalue weighted by molar-refractivity contribution is -0.973. The minimum atomic E-state index is -1.78. The number of hydroxylamine groups is 3. The predicted molar refractivity (Wildman–Crippen MR) is 52.3 cm³/mol. The van der Waals surface area contributed by atoms with Gasteiger partial charge in [0.05, 0.1) is 7.05 Å². The highest BCUT2D eigenvalue weighted by atomic mass is 16.6. The number of piperidine rings is 1. The van der Waals surface area contributed by atoms with Crippen LogP contribution in [0, 0.1) is 5.21 Å². The van der Waals surface area contributed by atoms with Gasteiger partial charge >= 0.3 is 0 Å². The summed E-state index contributed by atoms with van der Waals surface area (Å²) in [5.41, 5.74) is -3.10. The first-order chi connectivity index (χ1) is 6.48. The Bertz CT molecular complexity index is 239. The molecule has 0 aromatic rings. The molecule has 6 nitrogen and oxygen atoms in total. The van der Waals surface area contributed by atoms with Gasteiger partial charge in [0.1, 0.15) is 17.2 Å². The molecule has 15 heavy (non-hydrogen) atoms. The Hall–Kier alpha value is -0.240. The smallest absolute Gasteiger partial charge is 0.220 e. The summed E-state index contributed by atoms with van der Waals surface area (Å²) in [7, 11) is 1.16. The van der Waals surface area contributed by atoms with Crippen molar-refractivity contribution < 1.29 is 25.1 Å². The lowest BCUT2D eigenvalue weighted by atomic mass is 9.72. The third kappa shape index (κ3) is 1.33. The maximum absolute atomic E-state index is 12.1. The zero-order valence-electron chi connectivity index (χ0n) is 9.38. The van der Waals surface area contributed by atoms with Crippen LogP contribution in [0.25, 0.3) is 0 Å². The van der Waals surface area contributed by atoms with Gasteiger partial charge in [-0.15, -0.1) is 0 Å². The van der Waals surface area contributed by atoms with Gasteiger partial charge in [-0.2, -0.15) is 0 Å². The SMILES string of the molecule is CC1(O)C(O)C(O)C(O)[N+](C)([O-])C1(C)C. The van der Waals surface area contributed by atoms with Gasteiger partial charge in [-0.3, -0.25) is 0 Å². The number of aliphatic hydroxyl groups is 4. The van der Waals surface area contributed by atoms with Crippen LogP contribution in [-0.4, -0.2) is 61.7 Å². The van der Waals surface area contributed by atoms with Gasteiger partial charge in [0, 0.05) is 0 Å². The fourth-order valence-corrected chi connectivity index (χ4v) is 1.93. The van der Waals surface area contributed by atoms with Crippen LogP contribution in [-0.2, 0) is 0 Å². The van der Waals surface area contributed by atoms with E-state index in [9.17, 15) is 25.6 Å².